The molecule has 1 fully saturated rings. The summed E-state index contributed by atoms with van der Waals surface area (Å²) in [6.45, 7) is 3.18. The van der Waals surface area contributed by atoms with Crippen LogP contribution in [-0.4, -0.2) is 13.2 Å². The molecule has 0 atom stereocenters. The summed E-state index contributed by atoms with van der Waals surface area (Å²) in [5.41, 5.74) is 1.21. The molecule has 1 aliphatic carbocycles. The van der Waals surface area contributed by atoms with Gasteiger partial charge in [-0.25, -0.2) is 0 Å². The molecule has 0 saturated heterocycles. The minimum Gasteiger partial charge on any atom is -0.495 e. The largest absolute Gasteiger partial charge is 0.495 e. The van der Waals surface area contributed by atoms with Gasteiger partial charge < -0.3 is 10.1 Å². The lowest BCUT2D eigenvalue weighted by molar-refractivity contribution is 0.240. The van der Waals surface area contributed by atoms with Crippen molar-refractivity contribution >= 4 is 11.6 Å². The van der Waals surface area contributed by atoms with E-state index in [2.05, 4.69) is 18.3 Å². The second-order valence-corrected chi connectivity index (χ2v) is 5.03. The summed E-state index contributed by atoms with van der Waals surface area (Å²) in [5, 5.41) is 4.22. The van der Waals surface area contributed by atoms with Gasteiger partial charge in [-0.1, -0.05) is 24.6 Å². The van der Waals surface area contributed by atoms with Crippen molar-refractivity contribution < 1.29 is 4.74 Å². The van der Waals surface area contributed by atoms with Crippen LogP contribution in [0, 0.1) is 5.92 Å². The van der Waals surface area contributed by atoms with Crippen molar-refractivity contribution in [1.29, 1.82) is 0 Å². The topological polar surface area (TPSA) is 21.3 Å². The maximum Gasteiger partial charge on any atom is 0.137 e. The summed E-state index contributed by atoms with van der Waals surface area (Å²) in [6.07, 6.45) is 2.59. The van der Waals surface area contributed by atoms with Crippen LogP contribution in [0.25, 0.3) is 0 Å². The summed E-state index contributed by atoms with van der Waals surface area (Å²) in [6, 6.07) is 6.63. The molecule has 1 N–H and O–H groups in total. The number of rotatable bonds is 4. The number of ether oxygens (including phenoxy) is 1. The predicted octanol–water partition coefficient (Wildman–Crippen LogP) is 3.24. The molecular formula is C13H18ClNO. The Hall–Kier alpha value is -0.730. The molecule has 2 rings (SSSR count). The second-order valence-electron chi connectivity index (χ2n) is 4.62. The van der Waals surface area contributed by atoms with E-state index < -0.39 is 0 Å². The van der Waals surface area contributed by atoms with Crippen LogP contribution < -0.4 is 10.1 Å². The molecule has 1 aromatic rings. The van der Waals surface area contributed by atoms with Crippen LogP contribution in [0.5, 0.6) is 5.75 Å². The van der Waals surface area contributed by atoms with E-state index in [1.807, 2.05) is 12.1 Å². The van der Waals surface area contributed by atoms with Gasteiger partial charge >= 0.3 is 0 Å². The Morgan fingerprint density at radius 1 is 1.44 bits per heavy atom. The molecule has 0 heterocycles. The molecule has 16 heavy (non-hydrogen) atoms. The van der Waals surface area contributed by atoms with Gasteiger partial charge in [0.25, 0.3) is 0 Å². The molecule has 1 aliphatic rings. The molecule has 3 heteroatoms. The number of halogens is 1. The monoisotopic (exact) mass is 239 g/mol. The third-order valence-corrected chi connectivity index (χ3v) is 3.48. The van der Waals surface area contributed by atoms with E-state index in [0.717, 1.165) is 18.2 Å². The van der Waals surface area contributed by atoms with Crippen molar-refractivity contribution in [1.82, 2.24) is 5.32 Å². The normalized spacial score (nSPS) is 23.9. The number of hydrogen-bond donors (Lipinski definition) is 1. The number of hydrogen-bond acceptors (Lipinski definition) is 2. The Morgan fingerprint density at radius 3 is 2.75 bits per heavy atom. The lowest BCUT2D eigenvalue weighted by Crippen LogP contribution is -2.39. The SMILES string of the molecule is COc1ccc(CNC2CC(C)C2)cc1Cl. The van der Waals surface area contributed by atoms with Crippen molar-refractivity contribution in [3.05, 3.63) is 28.8 Å². The first-order chi connectivity index (χ1) is 7.69. The first-order valence-corrected chi connectivity index (χ1v) is 6.12. The highest BCUT2D eigenvalue weighted by atomic mass is 35.5. The smallest absolute Gasteiger partial charge is 0.137 e. The average molecular weight is 240 g/mol. The highest BCUT2D eigenvalue weighted by Gasteiger charge is 2.24. The van der Waals surface area contributed by atoms with Gasteiger partial charge in [-0.3, -0.25) is 0 Å². The van der Waals surface area contributed by atoms with E-state index in [4.69, 9.17) is 16.3 Å². The van der Waals surface area contributed by atoms with Crippen LogP contribution >= 0.6 is 11.6 Å². The Kier molecular flexibility index (Phi) is 3.72. The summed E-state index contributed by atoms with van der Waals surface area (Å²) >= 11 is 6.06. The summed E-state index contributed by atoms with van der Waals surface area (Å²) in [5.74, 6) is 1.62. The van der Waals surface area contributed by atoms with E-state index in [1.165, 1.54) is 18.4 Å². The quantitative estimate of drug-likeness (QED) is 0.871. The molecule has 0 bridgehead atoms. The highest BCUT2D eigenvalue weighted by molar-refractivity contribution is 6.32. The summed E-state index contributed by atoms with van der Waals surface area (Å²) in [4.78, 5) is 0. The van der Waals surface area contributed by atoms with E-state index in [1.54, 1.807) is 7.11 Å². The third kappa shape index (κ3) is 2.69. The van der Waals surface area contributed by atoms with Gasteiger partial charge in [0.05, 0.1) is 12.1 Å². The predicted molar refractivity (Wildman–Crippen MR) is 67.0 cm³/mol. The van der Waals surface area contributed by atoms with Crippen molar-refractivity contribution in [2.45, 2.75) is 32.4 Å². The fourth-order valence-electron chi connectivity index (χ4n) is 2.15. The Bertz CT molecular complexity index is 361. The molecule has 1 saturated carbocycles. The van der Waals surface area contributed by atoms with Crippen molar-refractivity contribution in [3.63, 3.8) is 0 Å². The second kappa shape index (κ2) is 5.07. The number of methoxy groups -OCH3 is 1. The molecule has 0 amide bonds. The lowest BCUT2D eigenvalue weighted by Gasteiger charge is -2.33. The maximum absolute atomic E-state index is 6.06. The highest BCUT2D eigenvalue weighted by Crippen LogP contribution is 2.28. The Labute approximate surface area is 102 Å². The van der Waals surface area contributed by atoms with E-state index in [9.17, 15) is 0 Å². The average Bonchev–Trinajstić information content (AvgIpc) is 2.23. The van der Waals surface area contributed by atoms with Gasteiger partial charge in [0.2, 0.25) is 0 Å². The fraction of sp³-hybridized carbons (Fsp3) is 0.538. The lowest BCUT2D eigenvalue weighted by atomic mass is 9.82. The molecule has 0 aliphatic heterocycles. The molecule has 1 aromatic carbocycles. The minimum atomic E-state index is 0.684. The summed E-state index contributed by atoms with van der Waals surface area (Å²) < 4.78 is 5.12. The molecule has 0 spiro atoms. The first kappa shape index (κ1) is 11.7. The van der Waals surface area contributed by atoms with Gasteiger partial charge in [-0.2, -0.15) is 0 Å². The van der Waals surface area contributed by atoms with Gasteiger partial charge in [0.15, 0.2) is 0 Å². The maximum atomic E-state index is 6.06. The third-order valence-electron chi connectivity index (χ3n) is 3.18. The van der Waals surface area contributed by atoms with Crippen LogP contribution in [0.4, 0.5) is 0 Å². The van der Waals surface area contributed by atoms with Gasteiger partial charge in [0.1, 0.15) is 5.75 Å². The van der Waals surface area contributed by atoms with Crippen molar-refractivity contribution in [2.24, 2.45) is 5.92 Å². The Balaban J connectivity index is 1.87. The standard InChI is InChI=1S/C13H18ClNO/c1-9-5-11(6-9)15-8-10-3-4-13(16-2)12(14)7-10/h3-4,7,9,11,15H,5-6,8H2,1-2H3. The van der Waals surface area contributed by atoms with Crippen molar-refractivity contribution in [3.8, 4) is 5.75 Å². The van der Waals surface area contributed by atoms with Gasteiger partial charge in [0, 0.05) is 12.6 Å². The minimum absolute atomic E-state index is 0.684. The van der Waals surface area contributed by atoms with Crippen molar-refractivity contribution in [2.75, 3.05) is 7.11 Å². The molecular weight excluding hydrogens is 222 g/mol. The molecule has 0 unspecified atom stereocenters. The van der Waals surface area contributed by atoms with Crippen LogP contribution in [0.1, 0.15) is 25.3 Å². The molecule has 0 radical (unpaired) electrons. The van der Waals surface area contributed by atoms with Gasteiger partial charge in [-0.15, -0.1) is 0 Å². The van der Waals surface area contributed by atoms with Gasteiger partial charge in [-0.05, 0) is 36.5 Å². The van der Waals surface area contributed by atoms with Crippen LogP contribution in [0.15, 0.2) is 18.2 Å². The van der Waals surface area contributed by atoms with Crippen LogP contribution in [0.3, 0.4) is 0 Å². The summed E-state index contributed by atoms with van der Waals surface area (Å²) in [7, 11) is 1.63. The molecule has 2 nitrogen and oxygen atoms in total. The number of nitrogens with one attached hydrogen (secondary N) is 1. The fourth-order valence-corrected chi connectivity index (χ4v) is 2.43. The zero-order chi connectivity index (χ0) is 11.5. The Morgan fingerprint density at radius 2 is 2.19 bits per heavy atom. The molecule has 88 valence electrons. The first-order valence-electron chi connectivity index (χ1n) is 5.75. The number of benzene rings is 1. The van der Waals surface area contributed by atoms with E-state index in [-0.39, 0.29) is 0 Å². The van der Waals surface area contributed by atoms with Crippen LogP contribution in [-0.2, 0) is 6.54 Å². The zero-order valence-corrected chi connectivity index (χ0v) is 10.6. The van der Waals surface area contributed by atoms with E-state index >= 15 is 0 Å². The van der Waals surface area contributed by atoms with Crippen LogP contribution in [0.2, 0.25) is 5.02 Å². The van der Waals surface area contributed by atoms with E-state index in [0.29, 0.717) is 11.1 Å². The zero-order valence-electron chi connectivity index (χ0n) is 9.79. The molecule has 0 aromatic heterocycles.